The molecule has 1 aromatic carbocycles. The lowest BCUT2D eigenvalue weighted by atomic mass is 9.99. The van der Waals surface area contributed by atoms with Crippen molar-refractivity contribution in [2.75, 3.05) is 18.4 Å². The summed E-state index contributed by atoms with van der Waals surface area (Å²) < 4.78 is 19.6. The number of aliphatic carboxylic acids is 1. The minimum Gasteiger partial charge on any atom is -0.479 e. The fraction of sp³-hybridized carbons (Fsp3) is 0.438. The third kappa shape index (κ3) is 3.09. The summed E-state index contributed by atoms with van der Waals surface area (Å²) in [6, 6.07) is 2.57. The minimum absolute atomic E-state index is 0.122. The zero-order valence-electron chi connectivity index (χ0n) is 13.0. The van der Waals surface area contributed by atoms with Crippen LogP contribution in [0.1, 0.15) is 29.3 Å². The molecular formula is C16H17FN2O5. The molecule has 0 aliphatic carbocycles. The largest absolute Gasteiger partial charge is 0.479 e. The smallest absolute Gasteiger partial charge is 0.334 e. The number of nitrogens with one attached hydrogen (secondary N) is 1. The Morgan fingerprint density at radius 2 is 2.08 bits per heavy atom. The van der Waals surface area contributed by atoms with Crippen LogP contribution in [-0.2, 0) is 20.7 Å². The monoisotopic (exact) mass is 336 g/mol. The highest BCUT2D eigenvalue weighted by atomic mass is 19.1. The van der Waals surface area contributed by atoms with Gasteiger partial charge < -0.3 is 20.1 Å². The molecule has 1 aromatic rings. The average Bonchev–Trinajstić information content (AvgIpc) is 2.52. The summed E-state index contributed by atoms with van der Waals surface area (Å²) in [6.45, 7) is 1.72. The highest BCUT2D eigenvalue weighted by Crippen LogP contribution is 2.27. The number of hydrogen-bond donors (Lipinski definition) is 2. The van der Waals surface area contributed by atoms with Crippen LogP contribution in [0.15, 0.2) is 12.1 Å². The Morgan fingerprint density at radius 3 is 2.79 bits per heavy atom. The Labute approximate surface area is 137 Å². The van der Waals surface area contributed by atoms with Gasteiger partial charge in [0, 0.05) is 18.7 Å². The van der Waals surface area contributed by atoms with E-state index in [0.717, 1.165) is 6.07 Å². The number of carbonyl (C=O) groups is 3. The van der Waals surface area contributed by atoms with E-state index in [2.05, 4.69) is 5.32 Å². The van der Waals surface area contributed by atoms with E-state index < -0.39 is 29.9 Å². The van der Waals surface area contributed by atoms with Gasteiger partial charge in [0.1, 0.15) is 5.82 Å². The third-order valence-electron chi connectivity index (χ3n) is 4.14. The van der Waals surface area contributed by atoms with Gasteiger partial charge in [-0.3, -0.25) is 9.59 Å². The zero-order valence-corrected chi connectivity index (χ0v) is 13.0. The molecule has 24 heavy (non-hydrogen) atoms. The standard InChI is InChI=1S/C16H17FN2O5/c1-8-6-19(7-13(24-8)16(22)23)15(21)10-4-9-2-3-14(20)18-12(9)5-11(10)17/h4-5,8,13H,2-3,6-7H2,1H3,(H,18,20)(H,22,23)/t8-,13?/m1/s1. The van der Waals surface area contributed by atoms with Gasteiger partial charge in [0.05, 0.1) is 18.2 Å². The summed E-state index contributed by atoms with van der Waals surface area (Å²) in [6.07, 6.45) is -0.873. The summed E-state index contributed by atoms with van der Waals surface area (Å²) in [5.74, 6) is -2.67. The number of ether oxygens (including phenoxy) is 1. The molecule has 1 unspecified atom stereocenters. The number of rotatable bonds is 2. The van der Waals surface area contributed by atoms with Crippen molar-refractivity contribution in [3.63, 3.8) is 0 Å². The van der Waals surface area contributed by atoms with E-state index in [9.17, 15) is 18.8 Å². The average molecular weight is 336 g/mol. The number of nitrogens with zero attached hydrogens (tertiary/aromatic N) is 1. The first-order valence-corrected chi connectivity index (χ1v) is 7.65. The van der Waals surface area contributed by atoms with E-state index in [0.29, 0.717) is 17.7 Å². The molecule has 0 bridgehead atoms. The molecule has 2 aliphatic heterocycles. The number of aryl methyl sites for hydroxylation is 1. The molecule has 2 amide bonds. The van der Waals surface area contributed by atoms with E-state index in [1.807, 2.05) is 0 Å². The van der Waals surface area contributed by atoms with E-state index in [-0.39, 0.29) is 31.0 Å². The van der Waals surface area contributed by atoms with Crippen molar-refractivity contribution >= 4 is 23.5 Å². The Bertz CT molecular complexity index is 721. The second-order valence-electron chi connectivity index (χ2n) is 6.02. The van der Waals surface area contributed by atoms with Crippen molar-refractivity contribution in [3.05, 3.63) is 29.1 Å². The first-order valence-electron chi connectivity index (χ1n) is 7.65. The predicted octanol–water partition coefficient (Wildman–Crippen LogP) is 1.02. The molecule has 0 aromatic heterocycles. The molecule has 3 rings (SSSR count). The van der Waals surface area contributed by atoms with Crippen LogP contribution in [0.25, 0.3) is 0 Å². The van der Waals surface area contributed by atoms with Gasteiger partial charge in [-0.1, -0.05) is 0 Å². The van der Waals surface area contributed by atoms with E-state index in [1.54, 1.807) is 6.92 Å². The molecule has 0 saturated carbocycles. The maximum absolute atomic E-state index is 14.3. The normalized spacial score (nSPS) is 23.4. The number of benzene rings is 1. The van der Waals surface area contributed by atoms with Gasteiger partial charge in [0.15, 0.2) is 6.10 Å². The topological polar surface area (TPSA) is 95.9 Å². The van der Waals surface area contributed by atoms with Gasteiger partial charge >= 0.3 is 5.97 Å². The van der Waals surface area contributed by atoms with Crippen LogP contribution in [0.3, 0.4) is 0 Å². The van der Waals surface area contributed by atoms with Gasteiger partial charge in [-0.25, -0.2) is 9.18 Å². The first kappa shape index (κ1) is 16.4. The molecule has 0 spiro atoms. The number of carboxylic acid groups (broad SMARTS) is 1. The maximum Gasteiger partial charge on any atom is 0.334 e. The second kappa shape index (κ2) is 6.20. The van der Waals surface area contributed by atoms with Gasteiger partial charge in [0.2, 0.25) is 5.91 Å². The lowest BCUT2D eigenvalue weighted by molar-refractivity contribution is -0.160. The van der Waals surface area contributed by atoms with Gasteiger partial charge in [-0.05, 0) is 31.0 Å². The quantitative estimate of drug-likeness (QED) is 0.841. The molecular weight excluding hydrogens is 319 g/mol. The van der Waals surface area contributed by atoms with Crippen molar-refractivity contribution in [2.45, 2.75) is 32.0 Å². The molecule has 8 heteroatoms. The van der Waals surface area contributed by atoms with Gasteiger partial charge in [-0.2, -0.15) is 0 Å². The lowest BCUT2D eigenvalue weighted by Gasteiger charge is -2.35. The molecule has 7 nitrogen and oxygen atoms in total. The van der Waals surface area contributed by atoms with E-state index in [4.69, 9.17) is 9.84 Å². The molecule has 2 heterocycles. The van der Waals surface area contributed by atoms with Crippen molar-refractivity contribution < 1.29 is 28.6 Å². The molecule has 128 valence electrons. The molecule has 2 atom stereocenters. The maximum atomic E-state index is 14.3. The zero-order chi connectivity index (χ0) is 17.4. The number of carbonyl (C=O) groups excluding carboxylic acids is 2. The van der Waals surface area contributed by atoms with Crippen LogP contribution >= 0.6 is 0 Å². The van der Waals surface area contributed by atoms with Crippen LogP contribution in [0, 0.1) is 5.82 Å². The van der Waals surface area contributed by atoms with E-state index in [1.165, 1.54) is 11.0 Å². The summed E-state index contributed by atoms with van der Waals surface area (Å²) in [5.41, 5.74) is 0.942. The van der Waals surface area contributed by atoms with Crippen LogP contribution in [0.2, 0.25) is 0 Å². The fourth-order valence-electron chi connectivity index (χ4n) is 2.99. The molecule has 2 N–H and O–H groups in total. The SMILES string of the molecule is C[C@@H]1CN(C(=O)c2cc3c(cc2F)NC(=O)CC3)CC(C(=O)O)O1. The number of morpholine rings is 1. The van der Waals surface area contributed by atoms with Crippen LogP contribution in [0.4, 0.5) is 10.1 Å². The van der Waals surface area contributed by atoms with Crippen molar-refractivity contribution in [2.24, 2.45) is 0 Å². The molecule has 1 fully saturated rings. The fourth-order valence-corrected chi connectivity index (χ4v) is 2.99. The highest BCUT2D eigenvalue weighted by Gasteiger charge is 2.34. The summed E-state index contributed by atoms with van der Waals surface area (Å²) in [4.78, 5) is 36.4. The van der Waals surface area contributed by atoms with Gasteiger partial charge in [0.25, 0.3) is 5.91 Å². The minimum atomic E-state index is -1.16. The number of carboxylic acids is 1. The van der Waals surface area contributed by atoms with Crippen molar-refractivity contribution in [1.29, 1.82) is 0 Å². The Balaban J connectivity index is 1.87. The number of hydrogen-bond acceptors (Lipinski definition) is 4. The number of amides is 2. The second-order valence-corrected chi connectivity index (χ2v) is 6.02. The molecule has 1 saturated heterocycles. The number of anilines is 1. The number of fused-ring (bicyclic) bond motifs is 1. The van der Waals surface area contributed by atoms with Gasteiger partial charge in [-0.15, -0.1) is 0 Å². The first-order chi connectivity index (χ1) is 11.3. The summed E-state index contributed by atoms with van der Waals surface area (Å²) in [7, 11) is 0. The van der Waals surface area contributed by atoms with Crippen LogP contribution in [-0.4, -0.2) is 53.1 Å². The van der Waals surface area contributed by atoms with Crippen LogP contribution in [0.5, 0.6) is 0 Å². The summed E-state index contributed by atoms with van der Waals surface area (Å²) >= 11 is 0. The third-order valence-corrected chi connectivity index (χ3v) is 4.14. The summed E-state index contributed by atoms with van der Waals surface area (Å²) in [5, 5.41) is 11.7. The molecule has 0 radical (unpaired) electrons. The Morgan fingerprint density at radius 1 is 1.33 bits per heavy atom. The van der Waals surface area contributed by atoms with Crippen molar-refractivity contribution in [1.82, 2.24) is 4.90 Å². The Kier molecular flexibility index (Phi) is 4.23. The van der Waals surface area contributed by atoms with Crippen molar-refractivity contribution in [3.8, 4) is 0 Å². The van der Waals surface area contributed by atoms with E-state index >= 15 is 0 Å². The highest BCUT2D eigenvalue weighted by molar-refractivity contribution is 5.98. The lowest BCUT2D eigenvalue weighted by Crippen LogP contribution is -2.52. The molecule has 2 aliphatic rings. The predicted molar refractivity (Wildman–Crippen MR) is 81.2 cm³/mol. The van der Waals surface area contributed by atoms with Crippen LogP contribution < -0.4 is 5.32 Å². The number of halogens is 1. The Hall–Kier alpha value is -2.48.